The first-order chi connectivity index (χ1) is 12.0. The third kappa shape index (κ3) is 4.74. The normalized spacial score (nSPS) is 18.6. The molecule has 138 valence electrons. The van der Waals surface area contributed by atoms with Gasteiger partial charge in [-0.25, -0.2) is 0 Å². The molecule has 0 spiro atoms. The van der Waals surface area contributed by atoms with E-state index in [4.69, 9.17) is 4.74 Å². The number of carbonyl (C=O) groups excluding carboxylic acids is 2. The number of ether oxygens (including phenoxy) is 1. The number of nitrogens with zero attached hydrogens (tertiary/aromatic N) is 2. The van der Waals surface area contributed by atoms with Crippen LogP contribution in [0.2, 0.25) is 0 Å². The van der Waals surface area contributed by atoms with Gasteiger partial charge in [0, 0.05) is 32.5 Å². The smallest absolute Gasteiger partial charge is 0.225 e. The number of methoxy groups -OCH3 is 1. The van der Waals surface area contributed by atoms with Crippen molar-refractivity contribution in [2.24, 2.45) is 0 Å². The van der Waals surface area contributed by atoms with Crippen molar-refractivity contribution in [3.63, 3.8) is 0 Å². The molecule has 25 heavy (non-hydrogen) atoms. The van der Waals surface area contributed by atoms with Crippen molar-refractivity contribution in [2.45, 2.75) is 58.5 Å². The average Bonchev–Trinajstić information content (AvgIpc) is 2.62. The van der Waals surface area contributed by atoms with E-state index < -0.39 is 0 Å². The maximum atomic E-state index is 12.9. The summed E-state index contributed by atoms with van der Waals surface area (Å²) in [5, 5.41) is 0. The minimum atomic E-state index is -0.0260. The molecule has 1 saturated heterocycles. The van der Waals surface area contributed by atoms with Gasteiger partial charge in [0.2, 0.25) is 11.8 Å². The second-order valence-electron chi connectivity index (χ2n) is 6.70. The summed E-state index contributed by atoms with van der Waals surface area (Å²) in [6.07, 6.45) is 3.43. The zero-order valence-corrected chi connectivity index (χ0v) is 15.8. The zero-order chi connectivity index (χ0) is 18.4. The first-order valence-corrected chi connectivity index (χ1v) is 9.18. The van der Waals surface area contributed by atoms with Gasteiger partial charge in [0.25, 0.3) is 0 Å². The van der Waals surface area contributed by atoms with Crippen molar-refractivity contribution in [2.75, 3.05) is 20.2 Å². The van der Waals surface area contributed by atoms with Gasteiger partial charge in [-0.3, -0.25) is 9.59 Å². The monoisotopic (exact) mass is 346 g/mol. The first-order valence-electron chi connectivity index (χ1n) is 9.18. The van der Waals surface area contributed by atoms with Crippen molar-refractivity contribution in [3.8, 4) is 5.75 Å². The molecule has 2 amide bonds. The number of rotatable bonds is 6. The fourth-order valence-corrected chi connectivity index (χ4v) is 3.69. The Bertz CT molecular complexity index is 602. The number of piperidine rings is 1. The molecule has 1 aromatic rings. The Balaban J connectivity index is 2.10. The van der Waals surface area contributed by atoms with Crippen LogP contribution in [0.25, 0.3) is 0 Å². The fourth-order valence-electron chi connectivity index (χ4n) is 3.69. The van der Waals surface area contributed by atoms with Crippen LogP contribution in [-0.2, 0) is 9.59 Å². The van der Waals surface area contributed by atoms with Crippen LogP contribution in [0.5, 0.6) is 5.75 Å². The van der Waals surface area contributed by atoms with Gasteiger partial charge >= 0.3 is 0 Å². The third-order valence-corrected chi connectivity index (χ3v) is 5.15. The van der Waals surface area contributed by atoms with Crippen LogP contribution in [0.15, 0.2) is 24.3 Å². The van der Waals surface area contributed by atoms with E-state index in [1.807, 2.05) is 47.9 Å². The van der Waals surface area contributed by atoms with E-state index in [1.54, 1.807) is 14.0 Å². The number of likely N-dealkylation sites (tertiary alicyclic amines) is 1. The van der Waals surface area contributed by atoms with Crippen LogP contribution in [0.1, 0.15) is 58.1 Å². The van der Waals surface area contributed by atoms with Gasteiger partial charge in [0.15, 0.2) is 0 Å². The van der Waals surface area contributed by atoms with Crippen LogP contribution in [0.4, 0.5) is 0 Å². The lowest BCUT2D eigenvalue weighted by Crippen LogP contribution is -2.46. The van der Waals surface area contributed by atoms with Crippen LogP contribution in [0, 0.1) is 0 Å². The minimum Gasteiger partial charge on any atom is -0.497 e. The zero-order valence-electron chi connectivity index (χ0n) is 15.8. The number of hydrogen-bond acceptors (Lipinski definition) is 3. The molecule has 0 aliphatic carbocycles. The molecular formula is C20H30N2O3. The lowest BCUT2D eigenvalue weighted by molar-refractivity contribution is -0.138. The summed E-state index contributed by atoms with van der Waals surface area (Å²) in [6.45, 7) is 7.05. The van der Waals surface area contributed by atoms with Gasteiger partial charge in [-0.2, -0.15) is 0 Å². The Morgan fingerprint density at radius 2 is 2.12 bits per heavy atom. The average molecular weight is 346 g/mol. The summed E-state index contributed by atoms with van der Waals surface area (Å²) in [4.78, 5) is 28.5. The minimum absolute atomic E-state index is 0.0260. The number of carbonyl (C=O) groups is 2. The van der Waals surface area contributed by atoms with Crippen LogP contribution < -0.4 is 4.74 Å². The predicted octanol–water partition coefficient (Wildman–Crippen LogP) is 3.40. The first kappa shape index (κ1) is 19.3. The number of amides is 2. The molecule has 2 atom stereocenters. The Hall–Kier alpha value is -2.04. The molecule has 1 fully saturated rings. The fraction of sp³-hybridized carbons (Fsp3) is 0.600. The summed E-state index contributed by atoms with van der Waals surface area (Å²) in [6, 6.07) is 7.85. The molecule has 5 nitrogen and oxygen atoms in total. The summed E-state index contributed by atoms with van der Waals surface area (Å²) in [5.41, 5.74) is 1.06. The standard InChI is InChI=1S/C20H30N2O3/c1-5-21(15(2)17-9-8-11-19(13-17)25-4)20(24)14-18-10-6-7-12-22(18)16(3)23/h8-9,11,13,15,18H,5-7,10,12,14H2,1-4H3/t15-,18-/m1/s1. The Kier molecular flexibility index (Phi) is 6.85. The van der Waals surface area contributed by atoms with E-state index in [-0.39, 0.29) is 23.9 Å². The predicted molar refractivity (Wildman–Crippen MR) is 98.4 cm³/mol. The van der Waals surface area contributed by atoms with E-state index in [2.05, 4.69) is 0 Å². The molecular weight excluding hydrogens is 316 g/mol. The van der Waals surface area contributed by atoms with Crippen LogP contribution in [-0.4, -0.2) is 47.9 Å². The second kappa shape index (κ2) is 8.88. The molecule has 1 aromatic carbocycles. The summed E-state index contributed by atoms with van der Waals surface area (Å²) in [5.74, 6) is 0.972. The Morgan fingerprint density at radius 1 is 1.36 bits per heavy atom. The van der Waals surface area contributed by atoms with Gasteiger partial charge in [-0.15, -0.1) is 0 Å². The van der Waals surface area contributed by atoms with Crippen molar-refractivity contribution in [1.82, 2.24) is 9.80 Å². The highest BCUT2D eigenvalue weighted by Crippen LogP contribution is 2.26. The molecule has 5 heteroatoms. The van der Waals surface area contributed by atoms with Crippen LogP contribution >= 0.6 is 0 Å². The number of hydrogen-bond donors (Lipinski definition) is 0. The summed E-state index contributed by atoms with van der Waals surface area (Å²) in [7, 11) is 1.64. The molecule has 2 rings (SSSR count). The molecule has 1 aliphatic rings. The molecule has 0 N–H and O–H groups in total. The Labute approximate surface area is 150 Å². The quantitative estimate of drug-likeness (QED) is 0.793. The molecule has 0 aromatic heterocycles. The molecule has 0 bridgehead atoms. The van der Waals surface area contributed by atoms with E-state index in [1.165, 1.54) is 0 Å². The highest BCUT2D eigenvalue weighted by atomic mass is 16.5. The van der Waals surface area contributed by atoms with Crippen molar-refractivity contribution in [3.05, 3.63) is 29.8 Å². The van der Waals surface area contributed by atoms with Crippen molar-refractivity contribution in [1.29, 1.82) is 0 Å². The highest BCUT2D eigenvalue weighted by Gasteiger charge is 2.29. The molecule has 1 aliphatic heterocycles. The maximum Gasteiger partial charge on any atom is 0.225 e. The van der Waals surface area contributed by atoms with Crippen molar-refractivity contribution >= 4 is 11.8 Å². The highest BCUT2D eigenvalue weighted by molar-refractivity contribution is 5.79. The van der Waals surface area contributed by atoms with Gasteiger partial charge < -0.3 is 14.5 Å². The van der Waals surface area contributed by atoms with E-state index in [9.17, 15) is 9.59 Å². The molecule has 1 heterocycles. The third-order valence-electron chi connectivity index (χ3n) is 5.15. The van der Waals surface area contributed by atoms with Gasteiger partial charge in [0.1, 0.15) is 5.75 Å². The van der Waals surface area contributed by atoms with Gasteiger partial charge in [0.05, 0.1) is 13.2 Å². The summed E-state index contributed by atoms with van der Waals surface area (Å²) < 4.78 is 5.29. The van der Waals surface area contributed by atoms with Gasteiger partial charge in [-0.1, -0.05) is 12.1 Å². The largest absolute Gasteiger partial charge is 0.497 e. The van der Waals surface area contributed by atoms with E-state index in [0.29, 0.717) is 13.0 Å². The topological polar surface area (TPSA) is 49.9 Å². The molecule has 0 radical (unpaired) electrons. The molecule has 0 unspecified atom stereocenters. The Morgan fingerprint density at radius 3 is 2.76 bits per heavy atom. The summed E-state index contributed by atoms with van der Waals surface area (Å²) >= 11 is 0. The van der Waals surface area contributed by atoms with E-state index >= 15 is 0 Å². The molecule has 0 saturated carbocycles. The lowest BCUT2D eigenvalue weighted by atomic mass is 9.98. The number of benzene rings is 1. The second-order valence-corrected chi connectivity index (χ2v) is 6.70. The van der Waals surface area contributed by atoms with Crippen molar-refractivity contribution < 1.29 is 14.3 Å². The lowest BCUT2D eigenvalue weighted by Gasteiger charge is -2.37. The van der Waals surface area contributed by atoms with Crippen LogP contribution in [0.3, 0.4) is 0 Å². The van der Waals surface area contributed by atoms with E-state index in [0.717, 1.165) is 37.1 Å². The SMILES string of the molecule is CCN(C(=O)C[C@H]1CCCCN1C(C)=O)[C@H](C)c1cccc(OC)c1. The van der Waals surface area contributed by atoms with Gasteiger partial charge in [-0.05, 0) is 50.8 Å². The maximum absolute atomic E-state index is 12.9.